The number of hydrogen-bond acceptors (Lipinski definition) is 2. The molecule has 18 heavy (non-hydrogen) atoms. The van der Waals surface area contributed by atoms with Crippen molar-refractivity contribution < 1.29 is 4.79 Å². The Hall–Kier alpha value is -1.61. The van der Waals surface area contributed by atoms with E-state index in [1.807, 2.05) is 19.1 Å². The number of rotatable bonds is 3. The first kappa shape index (κ1) is 12.8. The van der Waals surface area contributed by atoms with Crippen molar-refractivity contribution in [1.82, 2.24) is 5.32 Å². The molecule has 3 nitrogen and oxygen atoms in total. The Bertz CT molecular complexity index is 450. The normalized spacial score (nSPS) is 23.9. The van der Waals surface area contributed by atoms with Crippen LogP contribution in [0.2, 0.25) is 0 Å². The summed E-state index contributed by atoms with van der Waals surface area (Å²) >= 11 is 0. The topological polar surface area (TPSA) is 55.1 Å². The number of amides is 1. The highest BCUT2D eigenvalue weighted by Crippen LogP contribution is 2.19. The van der Waals surface area contributed by atoms with Crippen LogP contribution < -0.4 is 11.1 Å². The predicted molar refractivity (Wildman–Crippen MR) is 73.0 cm³/mol. The molecule has 1 aromatic rings. The largest absolute Gasteiger partial charge is 0.349 e. The first-order chi connectivity index (χ1) is 8.56. The Morgan fingerprint density at radius 2 is 2.00 bits per heavy atom. The number of nitrogens with one attached hydrogen (secondary N) is 1. The summed E-state index contributed by atoms with van der Waals surface area (Å²) in [5.74, 6) is -0.0137. The molecular formula is C15H20N2O. The van der Waals surface area contributed by atoms with E-state index >= 15 is 0 Å². The first-order valence-electron chi connectivity index (χ1n) is 6.37. The van der Waals surface area contributed by atoms with Crippen LogP contribution in [0.1, 0.15) is 30.5 Å². The van der Waals surface area contributed by atoms with Crippen LogP contribution >= 0.6 is 0 Å². The van der Waals surface area contributed by atoms with Crippen molar-refractivity contribution in [3.05, 3.63) is 47.5 Å². The van der Waals surface area contributed by atoms with Crippen LogP contribution in [0.5, 0.6) is 0 Å². The molecule has 1 aromatic carbocycles. The van der Waals surface area contributed by atoms with Crippen LogP contribution in [0, 0.1) is 12.8 Å². The highest BCUT2D eigenvalue weighted by molar-refractivity contribution is 5.81. The molecule has 0 aliphatic heterocycles. The van der Waals surface area contributed by atoms with Gasteiger partial charge in [0.2, 0.25) is 5.91 Å². The number of benzene rings is 1. The zero-order valence-electron chi connectivity index (χ0n) is 10.9. The third-order valence-electron chi connectivity index (χ3n) is 3.39. The minimum Gasteiger partial charge on any atom is -0.349 e. The number of nitrogens with two attached hydrogens (primary N) is 1. The second-order valence-corrected chi connectivity index (χ2v) is 5.03. The Balaban J connectivity index is 1.95. The van der Waals surface area contributed by atoms with E-state index in [2.05, 4.69) is 36.5 Å². The fourth-order valence-electron chi connectivity index (χ4n) is 2.18. The lowest BCUT2D eigenvalue weighted by Crippen LogP contribution is -2.32. The molecule has 0 bridgehead atoms. The minimum absolute atomic E-state index is 0.0235. The predicted octanol–water partition coefficient (Wildman–Crippen LogP) is 2.08. The van der Waals surface area contributed by atoms with Crippen molar-refractivity contribution in [1.29, 1.82) is 0 Å². The highest BCUT2D eigenvalue weighted by atomic mass is 16.1. The molecular weight excluding hydrogens is 224 g/mol. The Kier molecular flexibility index (Phi) is 3.82. The second-order valence-electron chi connectivity index (χ2n) is 5.03. The minimum atomic E-state index is -0.0760. The summed E-state index contributed by atoms with van der Waals surface area (Å²) in [5.41, 5.74) is 8.10. The smallest absolute Gasteiger partial charge is 0.227 e. The van der Waals surface area contributed by atoms with Gasteiger partial charge in [0, 0.05) is 6.04 Å². The van der Waals surface area contributed by atoms with Gasteiger partial charge in [-0.1, -0.05) is 42.0 Å². The molecule has 0 fully saturated rings. The van der Waals surface area contributed by atoms with Crippen LogP contribution in [0.3, 0.4) is 0 Å². The SMILES string of the molecule is Cc1ccc([C@@H](C)NC(=O)C2C=CC(N)C2)cc1. The van der Waals surface area contributed by atoms with Crippen LogP contribution in [0.15, 0.2) is 36.4 Å². The molecule has 0 aromatic heterocycles. The van der Waals surface area contributed by atoms with E-state index in [0.717, 1.165) is 5.56 Å². The number of hydrogen-bond donors (Lipinski definition) is 2. The lowest BCUT2D eigenvalue weighted by atomic mass is 10.0. The van der Waals surface area contributed by atoms with Gasteiger partial charge in [-0.3, -0.25) is 4.79 Å². The van der Waals surface area contributed by atoms with Gasteiger partial charge in [-0.05, 0) is 25.8 Å². The van der Waals surface area contributed by atoms with Crippen LogP contribution in [-0.4, -0.2) is 11.9 Å². The monoisotopic (exact) mass is 244 g/mol. The van der Waals surface area contributed by atoms with Crippen molar-refractivity contribution >= 4 is 5.91 Å². The van der Waals surface area contributed by atoms with Gasteiger partial charge in [0.25, 0.3) is 0 Å². The molecule has 2 unspecified atom stereocenters. The lowest BCUT2D eigenvalue weighted by molar-refractivity contribution is -0.124. The average Bonchev–Trinajstić information content (AvgIpc) is 2.76. The third-order valence-corrected chi connectivity index (χ3v) is 3.39. The molecule has 0 radical (unpaired) electrons. The van der Waals surface area contributed by atoms with Gasteiger partial charge < -0.3 is 11.1 Å². The van der Waals surface area contributed by atoms with E-state index in [9.17, 15) is 4.79 Å². The summed E-state index contributed by atoms with van der Waals surface area (Å²) in [6.45, 7) is 4.05. The van der Waals surface area contributed by atoms with E-state index in [-0.39, 0.29) is 23.9 Å². The van der Waals surface area contributed by atoms with E-state index in [1.54, 1.807) is 0 Å². The maximum atomic E-state index is 12.0. The number of carbonyl (C=O) groups excluding carboxylic acids is 1. The van der Waals surface area contributed by atoms with Crippen LogP contribution in [0.4, 0.5) is 0 Å². The van der Waals surface area contributed by atoms with Crippen LogP contribution in [0.25, 0.3) is 0 Å². The number of carbonyl (C=O) groups is 1. The summed E-state index contributed by atoms with van der Waals surface area (Å²) in [6, 6.07) is 8.28. The van der Waals surface area contributed by atoms with Gasteiger partial charge in [-0.15, -0.1) is 0 Å². The lowest BCUT2D eigenvalue weighted by Gasteiger charge is -2.17. The van der Waals surface area contributed by atoms with Gasteiger partial charge in [-0.2, -0.15) is 0 Å². The van der Waals surface area contributed by atoms with E-state index in [1.165, 1.54) is 5.56 Å². The Morgan fingerprint density at radius 3 is 2.56 bits per heavy atom. The fourth-order valence-corrected chi connectivity index (χ4v) is 2.18. The molecule has 0 spiro atoms. The summed E-state index contributed by atoms with van der Waals surface area (Å²) in [7, 11) is 0. The summed E-state index contributed by atoms with van der Waals surface area (Å²) in [4.78, 5) is 12.0. The zero-order chi connectivity index (χ0) is 13.1. The first-order valence-corrected chi connectivity index (χ1v) is 6.37. The van der Waals surface area contributed by atoms with Gasteiger partial charge in [0.05, 0.1) is 12.0 Å². The summed E-state index contributed by atoms with van der Waals surface area (Å²) < 4.78 is 0. The van der Waals surface area contributed by atoms with Gasteiger partial charge in [0.15, 0.2) is 0 Å². The molecule has 0 heterocycles. The summed E-state index contributed by atoms with van der Waals surface area (Å²) in [6.07, 6.45) is 4.52. The molecule has 0 saturated heterocycles. The molecule has 3 atom stereocenters. The van der Waals surface area contributed by atoms with E-state index in [0.29, 0.717) is 6.42 Å². The molecule has 96 valence electrons. The maximum Gasteiger partial charge on any atom is 0.227 e. The van der Waals surface area contributed by atoms with Crippen molar-refractivity contribution in [2.45, 2.75) is 32.4 Å². The van der Waals surface area contributed by atoms with Crippen molar-refractivity contribution in [2.24, 2.45) is 11.7 Å². The third kappa shape index (κ3) is 2.99. The van der Waals surface area contributed by atoms with Crippen molar-refractivity contribution in [2.75, 3.05) is 0 Å². The Morgan fingerprint density at radius 1 is 1.33 bits per heavy atom. The molecule has 1 aliphatic rings. The second kappa shape index (κ2) is 5.36. The Labute approximate surface area is 108 Å². The zero-order valence-corrected chi connectivity index (χ0v) is 10.9. The summed E-state index contributed by atoms with van der Waals surface area (Å²) in [5, 5.41) is 3.03. The maximum absolute atomic E-state index is 12.0. The number of aryl methyl sites for hydroxylation is 1. The molecule has 0 saturated carbocycles. The fraction of sp³-hybridized carbons (Fsp3) is 0.400. The highest BCUT2D eigenvalue weighted by Gasteiger charge is 2.23. The van der Waals surface area contributed by atoms with Crippen molar-refractivity contribution in [3.8, 4) is 0 Å². The average molecular weight is 244 g/mol. The van der Waals surface area contributed by atoms with Gasteiger partial charge in [0.1, 0.15) is 0 Å². The van der Waals surface area contributed by atoms with Gasteiger partial charge >= 0.3 is 0 Å². The van der Waals surface area contributed by atoms with Crippen molar-refractivity contribution in [3.63, 3.8) is 0 Å². The molecule has 1 amide bonds. The van der Waals surface area contributed by atoms with E-state index < -0.39 is 0 Å². The van der Waals surface area contributed by atoms with Gasteiger partial charge in [-0.25, -0.2) is 0 Å². The quantitative estimate of drug-likeness (QED) is 0.800. The van der Waals surface area contributed by atoms with E-state index in [4.69, 9.17) is 5.73 Å². The van der Waals surface area contributed by atoms with Crippen LogP contribution in [-0.2, 0) is 4.79 Å². The standard InChI is InChI=1S/C15H20N2O/c1-10-3-5-12(6-4-10)11(2)17-15(18)13-7-8-14(16)9-13/h3-8,11,13-14H,9,16H2,1-2H3,(H,17,18)/t11-,13?,14?/m1/s1. The molecule has 3 heteroatoms. The molecule has 1 aliphatic carbocycles. The molecule has 3 N–H and O–H groups in total. The molecule has 2 rings (SSSR count).